The summed E-state index contributed by atoms with van der Waals surface area (Å²) in [4.78, 5) is 25.6. The second-order valence-electron chi connectivity index (χ2n) is 7.93. The van der Waals surface area contributed by atoms with E-state index in [1.807, 2.05) is 36.4 Å². The molecule has 3 rings (SSSR count). The number of hydrogen-bond donors (Lipinski definition) is 2. The number of carboxylic acid groups (broad SMARTS) is 1. The number of hydrogen-bond acceptors (Lipinski definition) is 4. The number of para-hydroxylation sites is 1. The van der Waals surface area contributed by atoms with Crippen molar-refractivity contribution < 1.29 is 14.7 Å². The maximum atomic E-state index is 12.6. The number of aliphatic carboxylic acids is 1. The van der Waals surface area contributed by atoms with Gasteiger partial charge in [-0.3, -0.25) is 14.5 Å². The number of anilines is 1. The summed E-state index contributed by atoms with van der Waals surface area (Å²) in [7, 11) is 0. The molecule has 2 N–H and O–H groups in total. The van der Waals surface area contributed by atoms with Gasteiger partial charge in [-0.15, -0.1) is 0 Å². The van der Waals surface area contributed by atoms with Crippen molar-refractivity contribution >= 4 is 17.7 Å². The van der Waals surface area contributed by atoms with Crippen LogP contribution in [0.25, 0.3) is 5.69 Å². The first-order valence-corrected chi connectivity index (χ1v) is 9.18. The first-order valence-electron chi connectivity index (χ1n) is 9.18. The number of likely N-dealkylation sites (tertiary alicyclic amines) is 1. The molecule has 7 heteroatoms. The molecule has 1 saturated heterocycles. The number of nitrogens with zero attached hydrogens (tertiary/aromatic N) is 3. The number of amides is 1. The molecule has 1 fully saturated rings. The molecule has 2 aromatic rings. The summed E-state index contributed by atoms with van der Waals surface area (Å²) in [6.45, 7) is 6.88. The van der Waals surface area contributed by atoms with Gasteiger partial charge in [0.1, 0.15) is 11.9 Å². The molecule has 27 heavy (non-hydrogen) atoms. The fourth-order valence-electron chi connectivity index (χ4n) is 3.26. The molecule has 2 heterocycles. The van der Waals surface area contributed by atoms with Crippen LogP contribution in [0.5, 0.6) is 0 Å². The summed E-state index contributed by atoms with van der Waals surface area (Å²) in [5.41, 5.74) is 1.56. The van der Waals surface area contributed by atoms with Crippen LogP contribution in [0.4, 0.5) is 5.82 Å². The molecule has 0 spiro atoms. The van der Waals surface area contributed by atoms with Gasteiger partial charge in [0.05, 0.1) is 17.9 Å². The first kappa shape index (κ1) is 19.1. The van der Waals surface area contributed by atoms with Crippen LogP contribution in [0.3, 0.4) is 0 Å². The lowest BCUT2D eigenvalue weighted by Crippen LogP contribution is -2.41. The minimum Gasteiger partial charge on any atom is -0.480 e. The fraction of sp³-hybridized carbons (Fsp3) is 0.450. The molecule has 7 nitrogen and oxygen atoms in total. The Bertz CT molecular complexity index is 823. The molecule has 1 aliphatic heterocycles. The van der Waals surface area contributed by atoms with Crippen LogP contribution in [0, 0.1) is 0 Å². The zero-order valence-corrected chi connectivity index (χ0v) is 16.0. The molecular weight excluding hydrogens is 344 g/mol. The third-order valence-corrected chi connectivity index (χ3v) is 4.74. The van der Waals surface area contributed by atoms with Gasteiger partial charge in [-0.25, -0.2) is 4.68 Å². The first-order chi connectivity index (χ1) is 12.8. The molecule has 0 bridgehead atoms. The molecule has 0 aliphatic carbocycles. The Morgan fingerprint density at radius 2 is 1.96 bits per heavy atom. The van der Waals surface area contributed by atoms with E-state index in [2.05, 4.69) is 31.2 Å². The molecule has 1 atom stereocenters. The van der Waals surface area contributed by atoms with Gasteiger partial charge < -0.3 is 10.4 Å². The van der Waals surface area contributed by atoms with E-state index in [4.69, 9.17) is 0 Å². The van der Waals surface area contributed by atoms with E-state index in [0.717, 1.165) is 17.8 Å². The van der Waals surface area contributed by atoms with Crippen molar-refractivity contribution in [3.05, 3.63) is 42.1 Å². The predicted molar refractivity (Wildman–Crippen MR) is 103 cm³/mol. The van der Waals surface area contributed by atoms with Crippen LogP contribution in [0.1, 0.15) is 39.3 Å². The number of rotatable bonds is 5. The highest BCUT2D eigenvalue weighted by Gasteiger charge is 2.32. The molecule has 0 unspecified atom stereocenters. The van der Waals surface area contributed by atoms with Crippen LogP contribution < -0.4 is 5.32 Å². The summed E-state index contributed by atoms with van der Waals surface area (Å²) in [5, 5.41) is 16.9. The van der Waals surface area contributed by atoms with Crippen molar-refractivity contribution in [1.82, 2.24) is 14.7 Å². The highest BCUT2D eigenvalue weighted by Crippen LogP contribution is 2.26. The Balaban J connectivity index is 1.82. The maximum absolute atomic E-state index is 12.6. The zero-order valence-electron chi connectivity index (χ0n) is 16.0. The SMILES string of the molecule is CC(C)(C)c1cc(NC(=O)CN2CCC[C@@H]2C(=O)O)n(-c2ccccc2)n1. The summed E-state index contributed by atoms with van der Waals surface area (Å²) in [6, 6.07) is 10.9. The lowest BCUT2D eigenvalue weighted by molar-refractivity contribution is -0.142. The van der Waals surface area contributed by atoms with E-state index in [0.29, 0.717) is 18.8 Å². The van der Waals surface area contributed by atoms with Crippen molar-refractivity contribution in [2.75, 3.05) is 18.4 Å². The average molecular weight is 370 g/mol. The topological polar surface area (TPSA) is 87.5 Å². The van der Waals surface area contributed by atoms with Crippen molar-refractivity contribution in [2.45, 2.75) is 45.1 Å². The Morgan fingerprint density at radius 3 is 2.59 bits per heavy atom. The lowest BCUT2D eigenvalue weighted by Gasteiger charge is -2.20. The van der Waals surface area contributed by atoms with Gasteiger partial charge in [0.2, 0.25) is 5.91 Å². The second kappa shape index (κ2) is 7.52. The molecular formula is C20H26N4O3. The van der Waals surface area contributed by atoms with Crippen molar-refractivity contribution in [1.29, 1.82) is 0 Å². The summed E-state index contributed by atoms with van der Waals surface area (Å²) >= 11 is 0. The van der Waals surface area contributed by atoms with E-state index >= 15 is 0 Å². The number of benzene rings is 1. The normalized spacial score (nSPS) is 17.8. The van der Waals surface area contributed by atoms with Crippen molar-refractivity contribution in [3.63, 3.8) is 0 Å². The molecule has 144 valence electrons. The number of carboxylic acids is 1. The molecule has 1 aliphatic rings. The minimum absolute atomic E-state index is 0.0573. The molecule has 1 amide bonds. The summed E-state index contributed by atoms with van der Waals surface area (Å²) in [5.74, 6) is -0.521. The maximum Gasteiger partial charge on any atom is 0.320 e. The minimum atomic E-state index is -0.871. The Labute approximate surface area is 159 Å². The third kappa shape index (κ3) is 4.36. The van der Waals surface area contributed by atoms with Gasteiger partial charge in [0, 0.05) is 11.5 Å². The standard InChI is InChI=1S/C20H26N4O3/c1-20(2,3)16-12-17(24(22-16)14-8-5-4-6-9-14)21-18(25)13-23-11-7-10-15(23)19(26)27/h4-6,8-9,12,15H,7,10-11,13H2,1-3H3,(H,21,25)(H,26,27)/t15-/m1/s1. The molecule has 1 aromatic heterocycles. The van der Waals surface area contributed by atoms with E-state index in [9.17, 15) is 14.7 Å². The number of aromatic nitrogens is 2. The number of carbonyl (C=O) groups excluding carboxylic acids is 1. The Hall–Kier alpha value is -2.67. The van der Waals surface area contributed by atoms with Crippen LogP contribution in [-0.4, -0.2) is 50.8 Å². The van der Waals surface area contributed by atoms with Gasteiger partial charge in [-0.1, -0.05) is 39.0 Å². The monoisotopic (exact) mass is 370 g/mol. The van der Waals surface area contributed by atoms with E-state index < -0.39 is 12.0 Å². The van der Waals surface area contributed by atoms with Gasteiger partial charge in [0.25, 0.3) is 0 Å². The Kier molecular flexibility index (Phi) is 5.32. The second-order valence-corrected chi connectivity index (χ2v) is 7.93. The predicted octanol–water partition coefficient (Wildman–Crippen LogP) is 2.66. The number of carbonyl (C=O) groups is 2. The smallest absolute Gasteiger partial charge is 0.320 e. The van der Waals surface area contributed by atoms with E-state index in [1.165, 1.54) is 0 Å². The van der Waals surface area contributed by atoms with E-state index in [-0.39, 0.29) is 17.9 Å². The summed E-state index contributed by atoms with van der Waals surface area (Å²) in [6.07, 6.45) is 1.37. The van der Waals surface area contributed by atoms with Gasteiger partial charge in [0.15, 0.2) is 0 Å². The van der Waals surface area contributed by atoms with Crippen LogP contribution in [-0.2, 0) is 15.0 Å². The summed E-state index contributed by atoms with van der Waals surface area (Å²) < 4.78 is 1.72. The highest BCUT2D eigenvalue weighted by molar-refractivity contribution is 5.92. The van der Waals surface area contributed by atoms with Crippen LogP contribution >= 0.6 is 0 Å². The fourth-order valence-corrected chi connectivity index (χ4v) is 3.26. The van der Waals surface area contributed by atoms with Gasteiger partial charge in [-0.05, 0) is 31.5 Å². The van der Waals surface area contributed by atoms with Gasteiger partial charge in [-0.2, -0.15) is 5.10 Å². The largest absolute Gasteiger partial charge is 0.480 e. The quantitative estimate of drug-likeness (QED) is 0.845. The molecule has 0 radical (unpaired) electrons. The van der Waals surface area contributed by atoms with Crippen molar-refractivity contribution in [3.8, 4) is 5.69 Å². The zero-order chi connectivity index (χ0) is 19.6. The molecule has 0 saturated carbocycles. The Morgan fingerprint density at radius 1 is 1.26 bits per heavy atom. The average Bonchev–Trinajstić information content (AvgIpc) is 3.22. The number of nitrogens with one attached hydrogen (secondary N) is 1. The van der Waals surface area contributed by atoms with Crippen LogP contribution in [0.2, 0.25) is 0 Å². The van der Waals surface area contributed by atoms with Crippen LogP contribution in [0.15, 0.2) is 36.4 Å². The molecule has 1 aromatic carbocycles. The highest BCUT2D eigenvalue weighted by atomic mass is 16.4. The lowest BCUT2D eigenvalue weighted by atomic mass is 9.92. The van der Waals surface area contributed by atoms with Crippen molar-refractivity contribution in [2.24, 2.45) is 0 Å². The third-order valence-electron chi connectivity index (χ3n) is 4.74. The van der Waals surface area contributed by atoms with E-state index in [1.54, 1.807) is 9.58 Å². The van der Waals surface area contributed by atoms with Gasteiger partial charge >= 0.3 is 5.97 Å².